The molecule has 0 atom stereocenters. The number of benzene rings is 2. The number of hydrogen-bond donors (Lipinski definition) is 3. The van der Waals surface area contributed by atoms with E-state index in [1.54, 1.807) is 32.0 Å². The van der Waals surface area contributed by atoms with Crippen molar-refractivity contribution in [1.29, 1.82) is 0 Å². The number of nitrogens with zero attached hydrogens (tertiary/aromatic N) is 2. The molecule has 0 saturated carbocycles. The van der Waals surface area contributed by atoms with E-state index < -0.39 is 0 Å². The quantitative estimate of drug-likeness (QED) is 0.491. The van der Waals surface area contributed by atoms with Gasteiger partial charge in [-0.15, -0.1) is 0 Å². The zero-order chi connectivity index (χ0) is 19.6. The van der Waals surface area contributed by atoms with Gasteiger partial charge in [-0.25, -0.2) is 0 Å². The summed E-state index contributed by atoms with van der Waals surface area (Å²) >= 11 is 0. The van der Waals surface area contributed by atoms with Crippen molar-refractivity contribution in [3.05, 3.63) is 76.5 Å². The molecule has 3 N–H and O–H groups in total. The zero-order valence-electron chi connectivity index (χ0n) is 15.6. The molecule has 0 radical (unpaired) electrons. The lowest BCUT2D eigenvalue weighted by Gasteiger charge is -2.10. The summed E-state index contributed by atoms with van der Waals surface area (Å²) in [6.45, 7) is 3.74. The minimum Gasteiger partial charge on any atom is -0.392 e. The van der Waals surface area contributed by atoms with Gasteiger partial charge < -0.3 is 15.5 Å². The average molecular weight is 367 g/mol. The Morgan fingerprint density at radius 3 is 2.15 bits per heavy atom. The highest BCUT2D eigenvalue weighted by Crippen LogP contribution is 2.17. The third-order valence-electron chi connectivity index (χ3n) is 3.88. The Kier molecular flexibility index (Phi) is 7.85. The van der Waals surface area contributed by atoms with Crippen LogP contribution in [-0.4, -0.2) is 22.7 Å². The topological polar surface area (TPSA) is 94.3 Å². The molecule has 2 aromatic rings. The van der Waals surface area contributed by atoms with Crippen LogP contribution in [-0.2, 0) is 24.4 Å². The molecule has 142 valence electrons. The molecular weight excluding hydrogens is 342 g/mol. The number of carbonyl (C=O) groups excluding carboxylic acids is 1. The molecule has 1 amide bonds. The SMILES string of the molecule is CC(C)=C(N=NCCc1ccccc1)C(=O)Nc1cc(CO)cc(CO)c1. The van der Waals surface area contributed by atoms with Crippen molar-refractivity contribution in [2.24, 2.45) is 10.2 Å². The summed E-state index contributed by atoms with van der Waals surface area (Å²) in [5.74, 6) is -0.377. The van der Waals surface area contributed by atoms with Crippen molar-refractivity contribution in [2.75, 3.05) is 11.9 Å². The second kappa shape index (κ2) is 10.4. The van der Waals surface area contributed by atoms with Gasteiger partial charge in [0.25, 0.3) is 5.91 Å². The lowest BCUT2D eigenvalue weighted by molar-refractivity contribution is -0.113. The summed E-state index contributed by atoms with van der Waals surface area (Å²) in [7, 11) is 0. The summed E-state index contributed by atoms with van der Waals surface area (Å²) in [4.78, 5) is 12.6. The number of anilines is 1. The minimum absolute atomic E-state index is 0.175. The number of aliphatic hydroxyl groups excluding tert-OH is 2. The molecule has 0 saturated heterocycles. The van der Waals surface area contributed by atoms with E-state index in [4.69, 9.17) is 0 Å². The highest BCUT2D eigenvalue weighted by molar-refractivity contribution is 6.03. The number of hydrogen-bond acceptors (Lipinski definition) is 5. The maximum atomic E-state index is 12.6. The lowest BCUT2D eigenvalue weighted by Crippen LogP contribution is -2.15. The second-order valence-electron chi connectivity index (χ2n) is 6.36. The molecule has 6 nitrogen and oxygen atoms in total. The Morgan fingerprint density at radius 1 is 0.963 bits per heavy atom. The van der Waals surface area contributed by atoms with Gasteiger partial charge in [0.05, 0.1) is 19.8 Å². The molecule has 2 rings (SSSR count). The molecule has 0 fully saturated rings. The smallest absolute Gasteiger partial charge is 0.276 e. The van der Waals surface area contributed by atoms with E-state index >= 15 is 0 Å². The van der Waals surface area contributed by atoms with Gasteiger partial charge in [0, 0.05) is 5.69 Å². The molecule has 6 heteroatoms. The van der Waals surface area contributed by atoms with E-state index in [0.717, 1.165) is 17.6 Å². The summed E-state index contributed by atoms with van der Waals surface area (Å²) < 4.78 is 0. The fourth-order valence-electron chi connectivity index (χ4n) is 2.52. The second-order valence-corrected chi connectivity index (χ2v) is 6.36. The van der Waals surface area contributed by atoms with Crippen LogP contribution in [0.3, 0.4) is 0 Å². The third-order valence-corrected chi connectivity index (χ3v) is 3.88. The van der Waals surface area contributed by atoms with Crippen molar-refractivity contribution < 1.29 is 15.0 Å². The van der Waals surface area contributed by atoms with Gasteiger partial charge in [0.1, 0.15) is 5.70 Å². The average Bonchev–Trinajstić information content (AvgIpc) is 2.67. The van der Waals surface area contributed by atoms with Crippen molar-refractivity contribution in [3.8, 4) is 0 Å². The molecule has 0 unspecified atom stereocenters. The van der Waals surface area contributed by atoms with E-state index in [1.165, 1.54) is 0 Å². The Morgan fingerprint density at radius 2 is 1.59 bits per heavy atom. The first-order chi connectivity index (χ1) is 13.0. The number of carbonyl (C=O) groups is 1. The monoisotopic (exact) mass is 367 g/mol. The number of nitrogens with one attached hydrogen (secondary N) is 1. The summed E-state index contributed by atoms with van der Waals surface area (Å²) in [5, 5.41) is 29.6. The first kappa shape index (κ1) is 20.5. The van der Waals surface area contributed by atoms with Crippen LogP contribution in [0.4, 0.5) is 5.69 Å². The summed E-state index contributed by atoms with van der Waals surface area (Å²) in [6, 6.07) is 15.0. The number of allylic oxidation sites excluding steroid dienone is 1. The predicted octanol–water partition coefficient (Wildman–Crippen LogP) is 3.60. The Hall–Kier alpha value is -2.83. The Balaban J connectivity index is 2.05. The molecular formula is C21H25N3O3. The van der Waals surface area contributed by atoms with Crippen LogP contribution in [0.5, 0.6) is 0 Å². The first-order valence-electron chi connectivity index (χ1n) is 8.78. The van der Waals surface area contributed by atoms with Gasteiger partial charge in [0.15, 0.2) is 0 Å². The van der Waals surface area contributed by atoms with Crippen molar-refractivity contribution in [3.63, 3.8) is 0 Å². The summed E-state index contributed by atoms with van der Waals surface area (Å²) in [6.07, 6.45) is 0.750. The molecule has 0 bridgehead atoms. The normalized spacial score (nSPS) is 10.8. The van der Waals surface area contributed by atoms with Gasteiger partial charge in [-0.1, -0.05) is 36.4 Å². The largest absolute Gasteiger partial charge is 0.392 e. The van der Waals surface area contributed by atoms with Crippen LogP contribution in [0, 0.1) is 0 Å². The van der Waals surface area contributed by atoms with E-state index in [-0.39, 0.29) is 24.8 Å². The van der Waals surface area contributed by atoms with Crippen molar-refractivity contribution in [2.45, 2.75) is 33.5 Å². The van der Waals surface area contributed by atoms with Crippen LogP contribution >= 0.6 is 0 Å². The Bertz CT molecular complexity index is 804. The van der Waals surface area contributed by atoms with E-state index in [0.29, 0.717) is 23.4 Å². The van der Waals surface area contributed by atoms with Gasteiger partial charge in [-0.2, -0.15) is 10.2 Å². The van der Waals surface area contributed by atoms with E-state index in [1.807, 2.05) is 30.3 Å². The van der Waals surface area contributed by atoms with Crippen LogP contribution < -0.4 is 5.32 Å². The van der Waals surface area contributed by atoms with Crippen molar-refractivity contribution >= 4 is 11.6 Å². The predicted molar refractivity (Wildman–Crippen MR) is 105 cm³/mol. The van der Waals surface area contributed by atoms with Gasteiger partial charge in [-0.05, 0) is 54.7 Å². The number of azo groups is 1. The number of rotatable bonds is 8. The standard InChI is InChI=1S/C21H25N3O3/c1-15(2)20(24-22-9-8-16-6-4-3-5-7-16)21(27)23-19-11-17(13-25)10-18(12-19)14-26/h3-7,10-12,25-26H,8-9,13-14H2,1-2H3,(H,23,27). The molecule has 2 aromatic carbocycles. The first-order valence-corrected chi connectivity index (χ1v) is 8.78. The zero-order valence-corrected chi connectivity index (χ0v) is 15.6. The molecule has 0 aliphatic heterocycles. The van der Waals surface area contributed by atoms with Gasteiger partial charge >= 0.3 is 0 Å². The lowest BCUT2D eigenvalue weighted by atomic mass is 10.1. The van der Waals surface area contributed by atoms with Gasteiger partial charge in [0.2, 0.25) is 0 Å². The number of aliphatic hydroxyl groups is 2. The highest BCUT2D eigenvalue weighted by atomic mass is 16.3. The van der Waals surface area contributed by atoms with Gasteiger partial charge in [-0.3, -0.25) is 4.79 Å². The molecule has 0 heterocycles. The Labute approximate surface area is 159 Å². The van der Waals surface area contributed by atoms with Crippen LogP contribution in [0.15, 0.2) is 70.0 Å². The molecule has 0 aromatic heterocycles. The molecule has 0 aliphatic rings. The summed E-state index contributed by atoms with van der Waals surface area (Å²) in [5.41, 5.74) is 3.88. The van der Waals surface area contributed by atoms with E-state index in [2.05, 4.69) is 15.5 Å². The van der Waals surface area contributed by atoms with Crippen LogP contribution in [0.2, 0.25) is 0 Å². The molecule has 27 heavy (non-hydrogen) atoms. The maximum absolute atomic E-state index is 12.6. The highest BCUT2D eigenvalue weighted by Gasteiger charge is 2.12. The fraction of sp³-hybridized carbons (Fsp3) is 0.286. The van der Waals surface area contributed by atoms with Crippen LogP contribution in [0.25, 0.3) is 0 Å². The molecule has 0 spiro atoms. The third kappa shape index (κ3) is 6.44. The van der Waals surface area contributed by atoms with Crippen LogP contribution in [0.1, 0.15) is 30.5 Å². The minimum atomic E-state index is -0.377. The van der Waals surface area contributed by atoms with Crippen molar-refractivity contribution in [1.82, 2.24) is 0 Å². The molecule has 0 aliphatic carbocycles. The van der Waals surface area contributed by atoms with E-state index in [9.17, 15) is 15.0 Å². The number of amides is 1. The maximum Gasteiger partial charge on any atom is 0.276 e. The fourth-order valence-corrected chi connectivity index (χ4v) is 2.52.